The number of rotatable bonds is 3. The maximum absolute atomic E-state index is 10.0. The van der Waals surface area contributed by atoms with Crippen molar-refractivity contribution in [1.82, 2.24) is 4.98 Å². The first kappa shape index (κ1) is 26.5. The Labute approximate surface area is 232 Å². The number of hydrogen-bond acceptors (Lipinski definition) is 5. The van der Waals surface area contributed by atoms with Crippen molar-refractivity contribution in [2.75, 3.05) is 0 Å². The number of para-hydroxylation sites is 1. The van der Waals surface area contributed by atoms with Gasteiger partial charge in [0.25, 0.3) is 0 Å². The first-order valence-corrected chi connectivity index (χ1v) is 12.4. The molecule has 0 aliphatic carbocycles. The van der Waals surface area contributed by atoms with Crippen LogP contribution in [0.5, 0.6) is 0 Å². The number of aromatic nitrogens is 1. The van der Waals surface area contributed by atoms with E-state index in [-0.39, 0.29) is 31.6 Å². The molecular weight excluding hydrogens is 659 g/mol. The van der Waals surface area contributed by atoms with Gasteiger partial charge in [0.1, 0.15) is 5.58 Å². The molecule has 0 bridgehead atoms. The van der Waals surface area contributed by atoms with Gasteiger partial charge in [0, 0.05) is 36.4 Å². The minimum atomic E-state index is -0.125. The molecule has 187 valence electrons. The summed E-state index contributed by atoms with van der Waals surface area (Å²) >= 11 is 1.77. The first-order chi connectivity index (χ1) is 17.4. The largest absolute Gasteiger partial charge is 0.512 e. The molecule has 3 aromatic heterocycles. The van der Waals surface area contributed by atoms with Gasteiger partial charge in [-0.05, 0) is 50.2 Å². The third-order valence-corrected chi connectivity index (χ3v) is 6.86. The summed E-state index contributed by atoms with van der Waals surface area (Å²) in [6.45, 7) is 4.96. The van der Waals surface area contributed by atoms with Crippen molar-refractivity contribution in [2.24, 2.45) is 0 Å². The number of carbonyl (C=O) groups is 1. The number of ketones is 1. The fourth-order valence-electron chi connectivity index (χ4n) is 4.10. The van der Waals surface area contributed by atoms with E-state index in [0.717, 1.165) is 38.7 Å². The van der Waals surface area contributed by atoms with Crippen LogP contribution in [0.1, 0.15) is 19.4 Å². The summed E-state index contributed by atoms with van der Waals surface area (Å²) in [5.74, 6) is -0.0625. The molecule has 6 aromatic rings. The fourth-order valence-corrected chi connectivity index (χ4v) is 5.10. The zero-order valence-electron chi connectivity index (χ0n) is 20.5. The summed E-state index contributed by atoms with van der Waals surface area (Å²) in [4.78, 5) is 16.2. The average molecular weight is 683 g/mol. The molecule has 0 saturated heterocycles. The Balaban J connectivity index is 0.000000356. The van der Waals surface area contributed by atoms with Crippen molar-refractivity contribution in [3.8, 4) is 21.7 Å². The molecule has 0 atom stereocenters. The van der Waals surface area contributed by atoms with Crippen molar-refractivity contribution in [3.63, 3.8) is 0 Å². The summed E-state index contributed by atoms with van der Waals surface area (Å²) in [5, 5.41) is 10.6. The molecule has 0 aliphatic rings. The molecule has 0 fully saturated rings. The minimum absolute atomic E-state index is 0. The Kier molecular flexibility index (Phi) is 8.03. The van der Waals surface area contributed by atoms with E-state index in [4.69, 9.17) is 14.5 Å². The van der Waals surface area contributed by atoms with E-state index in [1.807, 2.05) is 24.3 Å². The van der Waals surface area contributed by atoms with E-state index in [2.05, 4.69) is 67.6 Å². The molecule has 3 aromatic carbocycles. The van der Waals surface area contributed by atoms with Gasteiger partial charge in [-0.25, -0.2) is 0 Å². The van der Waals surface area contributed by atoms with Crippen LogP contribution in [-0.2, 0) is 24.9 Å². The van der Waals surface area contributed by atoms with Crippen LogP contribution in [0.25, 0.3) is 53.9 Å². The maximum atomic E-state index is 10.0. The monoisotopic (exact) mass is 683 g/mol. The zero-order valence-corrected chi connectivity index (χ0v) is 23.7. The van der Waals surface area contributed by atoms with Crippen molar-refractivity contribution >= 4 is 49.3 Å². The molecule has 1 radical (unpaired) electrons. The van der Waals surface area contributed by atoms with Crippen LogP contribution < -0.4 is 0 Å². The van der Waals surface area contributed by atoms with Crippen LogP contribution in [0.15, 0.2) is 95.1 Å². The Bertz CT molecular complexity index is 1740. The van der Waals surface area contributed by atoms with Gasteiger partial charge in [0.15, 0.2) is 5.78 Å². The first-order valence-electron chi connectivity index (χ1n) is 11.6. The number of hydrogen-bond donors (Lipinski definition) is 1. The van der Waals surface area contributed by atoms with Gasteiger partial charge in [-0.15, -0.1) is 29.5 Å². The van der Waals surface area contributed by atoms with Crippen LogP contribution in [0.2, 0.25) is 0 Å². The van der Waals surface area contributed by atoms with Crippen molar-refractivity contribution in [3.05, 3.63) is 102 Å². The molecule has 6 rings (SSSR count). The number of benzene rings is 3. The van der Waals surface area contributed by atoms with Gasteiger partial charge in [-0.1, -0.05) is 65.0 Å². The molecule has 3 heterocycles. The second-order valence-electron chi connectivity index (χ2n) is 8.65. The van der Waals surface area contributed by atoms with Gasteiger partial charge in [-0.3, -0.25) is 9.78 Å². The van der Waals surface area contributed by atoms with E-state index < -0.39 is 0 Å². The molecule has 0 aliphatic heterocycles. The fraction of sp³-hybridized carbons (Fsp3) is 0.0968. The predicted octanol–water partition coefficient (Wildman–Crippen LogP) is 8.67. The molecule has 1 N–H and O–H groups in total. The Morgan fingerprint density at radius 1 is 1.00 bits per heavy atom. The number of aliphatic hydroxyl groups is 1. The predicted molar refractivity (Wildman–Crippen MR) is 148 cm³/mol. The van der Waals surface area contributed by atoms with Gasteiger partial charge < -0.3 is 9.52 Å². The van der Waals surface area contributed by atoms with Crippen LogP contribution in [0.4, 0.5) is 0 Å². The maximum Gasteiger partial charge on any atom is 0.155 e. The normalized spacial score (nSPS) is 11.3. The Morgan fingerprint density at radius 3 is 2.46 bits per heavy atom. The average Bonchev–Trinajstić information content (AvgIpc) is 3.45. The number of nitrogens with zero attached hydrogens (tertiary/aromatic N) is 1. The van der Waals surface area contributed by atoms with E-state index >= 15 is 0 Å². The summed E-state index contributed by atoms with van der Waals surface area (Å²) in [6.07, 6.45) is 1.17. The van der Waals surface area contributed by atoms with Gasteiger partial charge in [-0.2, -0.15) is 0 Å². The molecule has 0 unspecified atom stereocenters. The third-order valence-electron chi connectivity index (χ3n) is 5.72. The molecule has 0 amide bonds. The van der Waals surface area contributed by atoms with Gasteiger partial charge >= 0.3 is 0 Å². The number of carbonyl (C=O) groups excluding carboxylic acids is 1. The zero-order chi connectivity index (χ0) is 25.2. The summed E-state index contributed by atoms with van der Waals surface area (Å²) in [5.41, 5.74) is 7.02. The van der Waals surface area contributed by atoms with E-state index in [1.54, 1.807) is 11.3 Å². The van der Waals surface area contributed by atoms with Crippen LogP contribution >= 0.6 is 11.3 Å². The summed E-state index contributed by atoms with van der Waals surface area (Å²) in [7, 11) is 0. The van der Waals surface area contributed by atoms with Gasteiger partial charge in [0.2, 0.25) is 0 Å². The second kappa shape index (κ2) is 11.2. The number of pyridine rings is 1. The summed E-state index contributed by atoms with van der Waals surface area (Å²) in [6, 6.07) is 30.5. The molecule has 37 heavy (non-hydrogen) atoms. The third kappa shape index (κ3) is 5.72. The van der Waals surface area contributed by atoms with Crippen molar-refractivity contribution < 1.29 is 34.4 Å². The van der Waals surface area contributed by atoms with E-state index in [0.29, 0.717) is 0 Å². The Morgan fingerprint density at radius 2 is 1.76 bits per heavy atom. The number of furan rings is 1. The van der Waals surface area contributed by atoms with E-state index in [1.165, 1.54) is 40.6 Å². The number of allylic oxidation sites excluding steroid dienone is 2. The topological polar surface area (TPSA) is 63.3 Å². The van der Waals surface area contributed by atoms with Crippen LogP contribution in [0.3, 0.4) is 0 Å². The van der Waals surface area contributed by atoms with Crippen molar-refractivity contribution in [2.45, 2.75) is 20.8 Å². The van der Waals surface area contributed by atoms with Gasteiger partial charge in [0.05, 0.1) is 21.6 Å². The van der Waals surface area contributed by atoms with Crippen LogP contribution in [0, 0.1) is 13.0 Å². The number of aliphatic hydroxyl groups excluding tert-OH is 1. The minimum Gasteiger partial charge on any atom is -0.512 e. The van der Waals surface area contributed by atoms with E-state index in [9.17, 15) is 4.79 Å². The second-order valence-corrected chi connectivity index (χ2v) is 9.73. The molecule has 4 nitrogen and oxygen atoms in total. The molecular formula is C31H24IrNO3S-. The molecule has 6 heteroatoms. The molecule has 0 saturated carbocycles. The number of aryl methyl sites for hydroxylation is 1. The Hall–Kier alpha value is -3.57. The number of fused-ring (bicyclic) bond motifs is 4. The SMILES string of the molecule is CC(=O)/C=C(/C)O.Cc1ccc(-c2cc3nc(-c4[c-]ccc5c4oc4ccccc45)ccc3s2)cc1.[Ir]. The molecule has 0 spiro atoms. The van der Waals surface area contributed by atoms with Crippen LogP contribution in [-0.4, -0.2) is 15.9 Å². The standard InChI is InChI=1S/C26H16NOS.C5H8O2.Ir/c1-16-9-11-17(12-10-16)25-15-22-24(29-25)14-13-21(27-22)20-7-4-6-19-18-5-2-3-8-23(18)28-26(19)20;1-4(6)3-5(2)7;/h2-6,8-15H,1H3;3,6H,1-2H3;/q-1;;/b;4-3-;. The summed E-state index contributed by atoms with van der Waals surface area (Å²) < 4.78 is 7.35. The number of thiophene rings is 1. The smallest absolute Gasteiger partial charge is 0.155 e. The van der Waals surface area contributed by atoms with Crippen molar-refractivity contribution in [1.29, 1.82) is 0 Å². The quantitative estimate of drug-likeness (QED) is 0.115.